The Morgan fingerprint density at radius 3 is 1.82 bits per heavy atom. The number of hydrogen-bond donors (Lipinski definition) is 1. The second-order valence-electron chi connectivity index (χ2n) is 13.6. The predicted octanol–water partition coefficient (Wildman–Crippen LogP) is 11.9. The third kappa shape index (κ3) is 10.2. The van der Waals surface area contributed by atoms with Crippen molar-refractivity contribution in [1.82, 2.24) is 0 Å². The fourth-order valence-electron chi connectivity index (χ4n) is 7.24. The lowest BCUT2D eigenvalue weighted by Gasteiger charge is -2.20. The first-order valence-electron chi connectivity index (χ1n) is 18.1. The van der Waals surface area contributed by atoms with Gasteiger partial charge in [-0.25, -0.2) is 0 Å². The molecule has 0 fully saturated rings. The molecule has 3 aromatic rings. The lowest BCUT2D eigenvalue weighted by atomic mass is 9.89. The molecule has 0 saturated carbocycles. The molecular formula is C42H58O3. The van der Waals surface area contributed by atoms with Crippen LogP contribution < -0.4 is 4.74 Å². The first kappa shape index (κ1) is 34.8. The van der Waals surface area contributed by atoms with Crippen LogP contribution in [0.2, 0.25) is 0 Å². The van der Waals surface area contributed by atoms with Gasteiger partial charge in [0.1, 0.15) is 11.5 Å². The van der Waals surface area contributed by atoms with E-state index in [0.717, 1.165) is 52.8 Å². The summed E-state index contributed by atoms with van der Waals surface area (Å²) in [6.45, 7) is 7.71. The fraction of sp³-hybridized carbons (Fsp3) is 0.548. The second kappa shape index (κ2) is 18.2. The molecule has 244 valence electrons. The van der Waals surface area contributed by atoms with Crippen LogP contribution in [0.5, 0.6) is 11.5 Å². The fourth-order valence-corrected chi connectivity index (χ4v) is 7.24. The number of hydrogen-bond acceptors (Lipinski definition) is 3. The molecule has 0 spiro atoms. The summed E-state index contributed by atoms with van der Waals surface area (Å²) in [7, 11) is 0. The van der Waals surface area contributed by atoms with E-state index in [0.29, 0.717) is 12.2 Å². The van der Waals surface area contributed by atoms with Gasteiger partial charge in [0.2, 0.25) is 0 Å². The molecule has 0 unspecified atom stereocenters. The van der Waals surface area contributed by atoms with Crippen molar-refractivity contribution in [2.24, 2.45) is 0 Å². The zero-order valence-electron chi connectivity index (χ0n) is 28.7. The summed E-state index contributed by atoms with van der Waals surface area (Å²) >= 11 is 0. The van der Waals surface area contributed by atoms with Crippen molar-refractivity contribution >= 4 is 5.97 Å². The van der Waals surface area contributed by atoms with Gasteiger partial charge in [0.05, 0.1) is 0 Å². The van der Waals surface area contributed by atoms with E-state index in [1.54, 1.807) is 0 Å². The van der Waals surface area contributed by atoms with E-state index in [9.17, 15) is 9.90 Å². The summed E-state index contributed by atoms with van der Waals surface area (Å²) in [6, 6.07) is 15.1. The van der Waals surface area contributed by atoms with Gasteiger partial charge in [-0.2, -0.15) is 0 Å². The molecule has 4 rings (SSSR count). The van der Waals surface area contributed by atoms with E-state index < -0.39 is 0 Å². The van der Waals surface area contributed by atoms with Crippen LogP contribution >= 0.6 is 0 Å². The van der Waals surface area contributed by atoms with Crippen LogP contribution in [-0.4, -0.2) is 11.1 Å². The van der Waals surface area contributed by atoms with Gasteiger partial charge < -0.3 is 9.84 Å². The quantitative estimate of drug-likeness (QED) is 0.0615. The maximum Gasteiger partial charge on any atom is 0.308 e. The summed E-state index contributed by atoms with van der Waals surface area (Å²) in [5.74, 6) is 0.842. The summed E-state index contributed by atoms with van der Waals surface area (Å²) in [5.41, 5.74) is 10.2. The summed E-state index contributed by atoms with van der Waals surface area (Å²) < 4.78 is 6.06. The molecule has 0 aliphatic heterocycles. The van der Waals surface area contributed by atoms with Crippen LogP contribution in [0, 0.1) is 13.8 Å². The van der Waals surface area contributed by atoms with Crippen LogP contribution in [0.3, 0.4) is 0 Å². The number of rotatable bonds is 20. The average molecular weight is 611 g/mol. The highest BCUT2D eigenvalue weighted by atomic mass is 16.5. The molecule has 1 aliphatic carbocycles. The number of esters is 1. The van der Waals surface area contributed by atoms with Gasteiger partial charge in [-0.1, -0.05) is 146 Å². The number of fused-ring (bicyclic) bond motifs is 3. The van der Waals surface area contributed by atoms with Crippen molar-refractivity contribution < 1.29 is 14.6 Å². The molecule has 0 heterocycles. The highest BCUT2D eigenvalue weighted by molar-refractivity contribution is 5.83. The maximum absolute atomic E-state index is 12.4. The minimum absolute atomic E-state index is 0.271. The molecule has 0 aromatic heterocycles. The number of carbonyl (C=O) groups excluding carboxylic acids is 1. The van der Waals surface area contributed by atoms with Crippen LogP contribution in [0.1, 0.15) is 156 Å². The topological polar surface area (TPSA) is 46.5 Å². The molecule has 3 aromatic carbocycles. The number of carbonyl (C=O) groups is 1. The minimum Gasteiger partial charge on any atom is -0.507 e. The third-order valence-corrected chi connectivity index (χ3v) is 9.73. The van der Waals surface area contributed by atoms with E-state index in [2.05, 4.69) is 49.4 Å². The number of phenols is 1. The zero-order chi connectivity index (χ0) is 32.0. The highest BCUT2D eigenvalue weighted by Gasteiger charge is 2.27. The van der Waals surface area contributed by atoms with Gasteiger partial charge in [-0.3, -0.25) is 4.79 Å². The number of aryl methyl sites for hydroxylation is 3. The van der Waals surface area contributed by atoms with E-state index in [4.69, 9.17) is 4.74 Å². The van der Waals surface area contributed by atoms with Crippen molar-refractivity contribution in [1.29, 1.82) is 0 Å². The molecule has 1 aliphatic rings. The van der Waals surface area contributed by atoms with Crippen molar-refractivity contribution in [3.63, 3.8) is 0 Å². The number of aromatic hydroxyl groups is 1. The summed E-state index contributed by atoms with van der Waals surface area (Å²) in [5, 5.41) is 10.4. The number of phenolic OH excluding ortho intramolecular Hbond substituents is 1. The van der Waals surface area contributed by atoms with Crippen molar-refractivity contribution in [3.8, 4) is 22.6 Å². The highest BCUT2D eigenvalue weighted by Crippen LogP contribution is 2.45. The van der Waals surface area contributed by atoms with Crippen LogP contribution in [-0.2, 0) is 24.1 Å². The van der Waals surface area contributed by atoms with Gasteiger partial charge in [0.15, 0.2) is 0 Å². The second-order valence-corrected chi connectivity index (χ2v) is 13.6. The van der Waals surface area contributed by atoms with Crippen LogP contribution in [0.4, 0.5) is 0 Å². The molecular weight excluding hydrogens is 552 g/mol. The molecule has 1 N–H and O–H groups in total. The first-order valence-corrected chi connectivity index (χ1v) is 18.1. The van der Waals surface area contributed by atoms with Crippen molar-refractivity contribution in [2.45, 2.75) is 150 Å². The Kier molecular flexibility index (Phi) is 14.0. The normalized spacial score (nSPS) is 11.9. The zero-order valence-corrected chi connectivity index (χ0v) is 28.7. The number of unbranched alkanes of at least 4 members (excludes halogenated alkanes) is 15. The predicted molar refractivity (Wildman–Crippen MR) is 190 cm³/mol. The van der Waals surface area contributed by atoms with Crippen molar-refractivity contribution in [2.75, 3.05) is 0 Å². The van der Waals surface area contributed by atoms with Gasteiger partial charge in [0, 0.05) is 30.9 Å². The largest absolute Gasteiger partial charge is 0.507 e. The Hall–Kier alpha value is -3.07. The lowest BCUT2D eigenvalue weighted by molar-refractivity contribution is -0.132. The molecule has 0 atom stereocenters. The van der Waals surface area contributed by atoms with E-state index in [1.807, 2.05) is 13.8 Å². The molecule has 0 saturated heterocycles. The molecule has 3 heteroatoms. The number of ether oxygens (including phenoxy) is 1. The SMILES string of the molecule is CCCCCCCCCCCCCCCCCCc1cc2c(c(OC(C)=O)c1Cc1cc(C)c(O)c(C)c1)Cc1ccccc1-2. The molecule has 3 nitrogen and oxygen atoms in total. The van der Waals surface area contributed by atoms with Crippen LogP contribution in [0.15, 0.2) is 42.5 Å². The third-order valence-electron chi connectivity index (χ3n) is 9.73. The van der Waals surface area contributed by atoms with Gasteiger partial charge in [-0.05, 0) is 65.6 Å². The summed E-state index contributed by atoms with van der Waals surface area (Å²) in [6.07, 6.45) is 24.3. The molecule has 45 heavy (non-hydrogen) atoms. The first-order chi connectivity index (χ1) is 21.9. The van der Waals surface area contributed by atoms with Gasteiger partial charge in [0.25, 0.3) is 0 Å². The molecule has 0 bridgehead atoms. The Balaban J connectivity index is 1.34. The van der Waals surface area contributed by atoms with Crippen molar-refractivity contribution in [3.05, 3.63) is 81.4 Å². The Morgan fingerprint density at radius 2 is 1.27 bits per heavy atom. The minimum atomic E-state index is -0.271. The average Bonchev–Trinajstić information content (AvgIpc) is 3.39. The Bertz CT molecular complexity index is 1360. The van der Waals surface area contributed by atoms with E-state index in [-0.39, 0.29) is 5.97 Å². The van der Waals surface area contributed by atoms with Crippen LogP contribution in [0.25, 0.3) is 11.1 Å². The van der Waals surface area contributed by atoms with E-state index >= 15 is 0 Å². The smallest absolute Gasteiger partial charge is 0.308 e. The standard InChI is InChI=1S/C42H58O3/c1-5-6-7-8-9-10-11-12-13-14-15-16-17-18-19-20-23-36-29-39-37-25-22-21-24-35(37)30-40(39)42(45-33(4)43)38(36)28-34-26-31(2)41(44)32(3)27-34/h21-22,24-27,29,44H,5-20,23,28,30H2,1-4H3. The van der Waals surface area contributed by atoms with Gasteiger partial charge in [-0.15, -0.1) is 0 Å². The Labute approximate surface area is 273 Å². The molecule has 0 amide bonds. The van der Waals surface area contributed by atoms with Gasteiger partial charge >= 0.3 is 5.97 Å². The number of benzene rings is 3. The summed E-state index contributed by atoms with van der Waals surface area (Å²) in [4.78, 5) is 12.4. The maximum atomic E-state index is 12.4. The van der Waals surface area contributed by atoms with E-state index in [1.165, 1.54) is 125 Å². The Morgan fingerprint density at radius 1 is 0.733 bits per heavy atom. The lowest BCUT2D eigenvalue weighted by Crippen LogP contribution is -2.10. The monoisotopic (exact) mass is 610 g/mol. The molecule has 0 radical (unpaired) electrons.